The zero-order valence-corrected chi connectivity index (χ0v) is 48.7. The Morgan fingerprint density at radius 3 is 1.87 bits per heavy atom. The van der Waals surface area contributed by atoms with Crippen molar-refractivity contribution in [3.63, 3.8) is 0 Å². The third kappa shape index (κ3) is 9.02. The number of imidazole rings is 1. The van der Waals surface area contributed by atoms with Gasteiger partial charge in [0.1, 0.15) is 5.75 Å². The van der Waals surface area contributed by atoms with Crippen LogP contribution in [0.3, 0.4) is 0 Å². The van der Waals surface area contributed by atoms with Crippen LogP contribution in [0.5, 0.6) is 11.6 Å². The van der Waals surface area contributed by atoms with Crippen molar-refractivity contribution in [3.05, 3.63) is 214 Å². The molecule has 386 valence electrons. The number of allylic oxidation sites excluding steroid dienone is 3. The van der Waals surface area contributed by atoms with Gasteiger partial charge in [0.05, 0.1) is 16.8 Å². The predicted molar refractivity (Wildman–Crippen MR) is 311 cm³/mol. The fourth-order valence-electron chi connectivity index (χ4n) is 11.3. The molecule has 0 aliphatic carbocycles. The number of fused-ring (bicyclic) bond motifs is 4. The van der Waals surface area contributed by atoms with Crippen molar-refractivity contribution in [2.45, 2.75) is 119 Å². The Labute approximate surface area is 465 Å². The van der Waals surface area contributed by atoms with E-state index in [0.29, 0.717) is 23.2 Å². The van der Waals surface area contributed by atoms with E-state index in [9.17, 15) is 5.11 Å². The first-order chi connectivity index (χ1) is 35.5. The van der Waals surface area contributed by atoms with Gasteiger partial charge < -0.3 is 19.6 Å². The molecule has 0 bridgehead atoms. The van der Waals surface area contributed by atoms with Gasteiger partial charge in [-0.05, 0) is 128 Å². The van der Waals surface area contributed by atoms with Crippen LogP contribution in [-0.2, 0) is 42.7 Å². The Balaban J connectivity index is 0.00000657. The number of phenolic OH excluding ortho intramolecular Hbond substituents is 1. The molecule has 76 heavy (non-hydrogen) atoms. The van der Waals surface area contributed by atoms with Crippen molar-refractivity contribution in [1.29, 1.82) is 0 Å². The first-order valence-electron chi connectivity index (χ1n) is 26.5. The molecule has 0 unspecified atom stereocenters. The summed E-state index contributed by atoms with van der Waals surface area (Å²) in [5.41, 5.74) is 19.5. The Morgan fingerprint density at radius 1 is 0.605 bits per heavy atom. The van der Waals surface area contributed by atoms with E-state index in [-0.39, 0.29) is 48.5 Å². The predicted octanol–water partition coefficient (Wildman–Crippen LogP) is 15.2. The maximum Gasteiger partial charge on any atom is 0.340 e. The zero-order chi connectivity index (χ0) is 53.1. The summed E-state index contributed by atoms with van der Waals surface area (Å²) in [5.74, 6) is 2.08. The molecule has 11 rings (SSSR count). The minimum atomic E-state index is -0.509. The summed E-state index contributed by atoms with van der Waals surface area (Å²) < 4.78 is 9.71. The molecule has 3 aliphatic rings. The normalized spacial score (nSPS) is 14.2. The van der Waals surface area contributed by atoms with E-state index in [2.05, 4.69) is 258 Å². The van der Waals surface area contributed by atoms with E-state index >= 15 is 0 Å². The fourth-order valence-corrected chi connectivity index (χ4v) is 11.3. The summed E-state index contributed by atoms with van der Waals surface area (Å²) in [7, 11) is 0. The summed E-state index contributed by atoms with van der Waals surface area (Å²) in [6, 6.07) is 49.6. The minimum absolute atomic E-state index is 0. The molecule has 2 aromatic heterocycles. The smallest absolute Gasteiger partial charge is 0.340 e. The van der Waals surface area contributed by atoms with Gasteiger partial charge >= 0.3 is 6.85 Å². The second-order valence-electron chi connectivity index (χ2n) is 24.9. The maximum atomic E-state index is 12.9. The van der Waals surface area contributed by atoms with Crippen LogP contribution in [0.2, 0.25) is 0 Å². The molecule has 1 N–H and O–H groups in total. The number of hydrogen-bond donors (Lipinski definition) is 1. The Morgan fingerprint density at radius 2 is 1.24 bits per heavy atom. The summed E-state index contributed by atoms with van der Waals surface area (Å²) in [6.07, 6.45) is 8.36. The van der Waals surface area contributed by atoms with Crippen LogP contribution in [-0.4, -0.2) is 31.3 Å². The Bertz CT molecular complexity index is 3690. The summed E-state index contributed by atoms with van der Waals surface area (Å²) >= 11 is 0. The number of ether oxygens (including phenoxy) is 1. The number of benzene rings is 6. The molecule has 8 heteroatoms. The van der Waals surface area contributed by atoms with Gasteiger partial charge in [-0.25, -0.2) is 4.98 Å². The summed E-state index contributed by atoms with van der Waals surface area (Å²) in [5, 5.41) is 12.9. The van der Waals surface area contributed by atoms with Crippen molar-refractivity contribution in [3.8, 4) is 62.2 Å². The number of aryl methyl sites for hydroxylation is 2. The average Bonchev–Trinajstić information content (AvgIpc) is 3.81. The van der Waals surface area contributed by atoms with E-state index in [0.717, 1.165) is 78.2 Å². The molecular weight excluding hydrogens is 1110 g/mol. The van der Waals surface area contributed by atoms with Crippen LogP contribution in [0.25, 0.3) is 56.2 Å². The molecule has 0 atom stereocenters. The number of aromatic hydroxyl groups is 1. The second kappa shape index (κ2) is 19.0. The van der Waals surface area contributed by atoms with Gasteiger partial charge in [0.25, 0.3) is 0 Å². The molecule has 0 saturated heterocycles. The fraction of sp³-hybridized carbons (Fsp3) is 0.265. The third-order valence-corrected chi connectivity index (χ3v) is 15.3. The number of aromatic nitrogens is 3. The molecule has 8 aromatic rings. The third-order valence-electron chi connectivity index (χ3n) is 15.3. The van der Waals surface area contributed by atoms with Crippen LogP contribution in [0, 0.1) is 19.9 Å². The standard InChI is InChI=1S/C68H68BN4O2.Pt/c1-41-23-21-24-42(2)58(41)60-56-29-22-30-57-73(56)69(53-36-46(35-51(59(53)60)67(9,10)11)54-37-45(33-34-70-54)43-25-17-15-18-26-43)62-64(75-57)72(55-32-31-47(65(3,4)5)38-49(55)44-27-19-16-20-28-44)63(71-62)50-39-48(66(6,7)8)40-52(61(50)74)68(12,13)14;/h15-35,37-40,74H,1-14H3;/q-1;. The molecule has 5 heterocycles. The van der Waals surface area contributed by atoms with Gasteiger partial charge in [0, 0.05) is 44.1 Å². The van der Waals surface area contributed by atoms with E-state index in [1.165, 1.54) is 27.8 Å². The molecule has 0 spiro atoms. The van der Waals surface area contributed by atoms with Gasteiger partial charge in [-0.2, -0.15) is 0 Å². The molecule has 0 amide bonds. The van der Waals surface area contributed by atoms with Crippen LogP contribution >= 0.6 is 0 Å². The number of hydrogen-bond acceptors (Lipinski definition) is 5. The number of rotatable bonds is 6. The van der Waals surface area contributed by atoms with Crippen LogP contribution in [0.1, 0.15) is 128 Å². The van der Waals surface area contributed by atoms with Gasteiger partial charge in [0.2, 0.25) is 5.88 Å². The Hall–Kier alpha value is -6.95. The largest absolute Gasteiger partial charge is 0.507 e. The van der Waals surface area contributed by atoms with Crippen LogP contribution in [0.15, 0.2) is 163 Å². The maximum absolute atomic E-state index is 12.9. The van der Waals surface area contributed by atoms with Crippen molar-refractivity contribution < 1.29 is 30.9 Å². The molecule has 0 radical (unpaired) electrons. The SMILES string of the molecule is Cc1cccc(C)c1C1=C2C=CC=C3Oc4c(nc(-c5cc(C(C)(C)C)cc(C(C)(C)C)c5O)n4-c4ccc(C(C)(C)C)cc4-c4ccccc4)B(c4[c-]c(-c5cc(-c6ccccc6)ccn5)cc(C(C)(C)C)c41)N32.[Pt]. The molecule has 3 aliphatic heterocycles. The number of nitrogens with zero attached hydrogens (tertiary/aromatic N) is 4. The minimum Gasteiger partial charge on any atom is -0.507 e. The molecule has 0 fully saturated rings. The van der Waals surface area contributed by atoms with Crippen molar-refractivity contribution >= 4 is 23.5 Å². The first-order valence-corrected chi connectivity index (χ1v) is 26.5. The van der Waals surface area contributed by atoms with Gasteiger partial charge in [-0.1, -0.05) is 192 Å². The molecule has 0 saturated carbocycles. The van der Waals surface area contributed by atoms with Gasteiger partial charge in [0.15, 0.2) is 11.7 Å². The van der Waals surface area contributed by atoms with Crippen molar-refractivity contribution in [2.75, 3.05) is 0 Å². The van der Waals surface area contributed by atoms with Gasteiger partial charge in [-0.3, -0.25) is 4.57 Å². The number of phenols is 1. The Kier molecular flexibility index (Phi) is 13.1. The molecule has 6 aromatic carbocycles. The van der Waals surface area contributed by atoms with E-state index in [4.69, 9.17) is 14.7 Å². The van der Waals surface area contributed by atoms with Gasteiger partial charge in [-0.15, -0.1) is 28.7 Å². The zero-order valence-electron chi connectivity index (χ0n) is 46.5. The number of pyridine rings is 1. The first kappa shape index (κ1) is 52.5. The van der Waals surface area contributed by atoms with Crippen molar-refractivity contribution in [2.24, 2.45) is 0 Å². The summed E-state index contributed by atoms with van der Waals surface area (Å²) in [6.45, 7) is 30.8. The van der Waals surface area contributed by atoms with Crippen LogP contribution < -0.4 is 15.8 Å². The average molecular weight is 1180 g/mol. The quantitative estimate of drug-likeness (QED) is 0.133. The van der Waals surface area contributed by atoms with Crippen LogP contribution in [0.4, 0.5) is 0 Å². The van der Waals surface area contributed by atoms with E-state index < -0.39 is 6.85 Å². The topological polar surface area (TPSA) is 63.4 Å². The van der Waals surface area contributed by atoms with Crippen molar-refractivity contribution in [1.82, 2.24) is 19.3 Å². The monoisotopic (exact) mass is 1180 g/mol. The molecule has 6 nitrogen and oxygen atoms in total. The van der Waals surface area contributed by atoms with E-state index in [1.54, 1.807) is 0 Å². The second-order valence-corrected chi connectivity index (χ2v) is 24.9. The van der Waals surface area contributed by atoms with E-state index in [1.807, 2.05) is 6.20 Å². The summed E-state index contributed by atoms with van der Waals surface area (Å²) in [4.78, 5) is 13.4. The molecular formula is C68H68BN4O2Pt-.